The molecule has 1 amide bonds. The number of halogens is 1. The summed E-state index contributed by atoms with van der Waals surface area (Å²) in [7, 11) is -3.73. The van der Waals surface area contributed by atoms with Crippen molar-refractivity contribution < 1.29 is 17.9 Å². The number of hydrogen-bond donors (Lipinski definition) is 2. The van der Waals surface area contributed by atoms with E-state index in [1.54, 1.807) is 12.1 Å². The number of rotatable bonds is 8. The highest BCUT2D eigenvalue weighted by Crippen LogP contribution is 2.21. The average molecular weight is 517 g/mol. The van der Waals surface area contributed by atoms with Crippen LogP contribution in [-0.2, 0) is 14.8 Å². The number of hydrogen-bond acceptors (Lipinski definition) is 4. The standard InChI is InChI=1S/C24H25BrN2O4S/c1-16-7-8-21(13-17(16)2)27-32(29,30)23-11-9-22(10-12-23)31-15-24(28)26-18(3)19-5-4-6-20(25)14-19/h4-14,18,27H,15H2,1-3H3,(H,26,28)/t18-/m1/s1. The summed E-state index contributed by atoms with van der Waals surface area (Å²) in [6, 6.07) is 18.9. The topological polar surface area (TPSA) is 84.5 Å². The van der Waals surface area contributed by atoms with Gasteiger partial charge in [0.05, 0.1) is 10.9 Å². The van der Waals surface area contributed by atoms with Crippen LogP contribution >= 0.6 is 15.9 Å². The summed E-state index contributed by atoms with van der Waals surface area (Å²) in [5.41, 5.74) is 3.56. The van der Waals surface area contributed by atoms with Gasteiger partial charge in [0.2, 0.25) is 0 Å². The summed E-state index contributed by atoms with van der Waals surface area (Å²) in [4.78, 5) is 12.3. The van der Waals surface area contributed by atoms with Crippen molar-refractivity contribution in [2.75, 3.05) is 11.3 Å². The number of amides is 1. The summed E-state index contributed by atoms with van der Waals surface area (Å²) in [5.74, 6) is 0.131. The number of sulfonamides is 1. The third kappa shape index (κ3) is 6.34. The number of nitrogens with one attached hydrogen (secondary N) is 2. The molecule has 0 aliphatic heterocycles. The van der Waals surface area contributed by atoms with Gasteiger partial charge in [0, 0.05) is 10.2 Å². The van der Waals surface area contributed by atoms with Gasteiger partial charge in [0.15, 0.2) is 6.61 Å². The molecule has 0 bridgehead atoms. The maximum atomic E-state index is 12.6. The highest BCUT2D eigenvalue weighted by atomic mass is 79.9. The molecule has 0 saturated carbocycles. The molecule has 168 valence electrons. The molecule has 3 aromatic rings. The molecule has 3 aromatic carbocycles. The molecule has 0 aromatic heterocycles. The van der Waals surface area contributed by atoms with E-state index >= 15 is 0 Å². The van der Waals surface area contributed by atoms with E-state index in [1.165, 1.54) is 24.3 Å². The van der Waals surface area contributed by atoms with Crippen LogP contribution in [0, 0.1) is 13.8 Å². The normalized spacial score (nSPS) is 12.1. The van der Waals surface area contributed by atoms with E-state index in [1.807, 2.05) is 51.1 Å². The summed E-state index contributed by atoms with van der Waals surface area (Å²) < 4.78 is 34.3. The van der Waals surface area contributed by atoms with Gasteiger partial charge in [-0.15, -0.1) is 0 Å². The smallest absolute Gasteiger partial charge is 0.261 e. The van der Waals surface area contributed by atoms with Crippen LogP contribution in [0.15, 0.2) is 76.1 Å². The highest BCUT2D eigenvalue weighted by molar-refractivity contribution is 9.10. The summed E-state index contributed by atoms with van der Waals surface area (Å²) in [5, 5.41) is 2.87. The number of benzene rings is 3. The molecule has 0 aliphatic rings. The fourth-order valence-electron chi connectivity index (χ4n) is 3.03. The van der Waals surface area contributed by atoms with Gasteiger partial charge in [0.1, 0.15) is 5.75 Å². The molecule has 1 atom stereocenters. The van der Waals surface area contributed by atoms with Crippen LogP contribution in [0.5, 0.6) is 5.75 Å². The first kappa shape index (κ1) is 23.8. The molecule has 0 heterocycles. The number of anilines is 1. The molecular weight excluding hydrogens is 492 g/mol. The Labute approximate surface area is 197 Å². The zero-order chi connectivity index (χ0) is 23.3. The van der Waals surface area contributed by atoms with Gasteiger partial charge in [-0.25, -0.2) is 8.42 Å². The van der Waals surface area contributed by atoms with E-state index < -0.39 is 10.0 Å². The maximum absolute atomic E-state index is 12.6. The van der Waals surface area contributed by atoms with Crippen LogP contribution in [0.4, 0.5) is 5.69 Å². The Kier molecular flexibility index (Phi) is 7.58. The second-order valence-corrected chi connectivity index (χ2v) is 10.1. The van der Waals surface area contributed by atoms with Crippen LogP contribution in [0.2, 0.25) is 0 Å². The van der Waals surface area contributed by atoms with Gasteiger partial charge < -0.3 is 10.1 Å². The van der Waals surface area contributed by atoms with E-state index in [4.69, 9.17) is 4.74 Å². The monoisotopic (exact) mass is 516 g/mol. The molecule has 0 unspecified atom stereocenters. The van der Waals surface area contributed by atoms with Gasteiger partial charge in [-0.2, -0.15) is 0 Å². The van der Waals surface area contributed by atoms with Crippen LogP contribution in [0.1, 0.15) is 29.7 Å². The summed E-state index contributed by atoms with van der Waals surface area (Å²) in [6.45, 7) is 5.61. The fraction of sp³-hybridized carbons (Fsp3) is 0.208. The first-order chi connectivity index (χ1) is 15.1. The molecule has 0 aliphatic carbocycles. The molecule has 0 fully saturated rings. The fourth-order valence-corrected chi connectivity index (χ4v) is 4.49. The molecule has 3 rings (SSSR count). The largest absolute Gasteiger partial charge is 0.484 e. The zero-order valence-electron chi connectivity index (χ0n) is 18.1. The van der Waals surface area contributed by atoms with Crippen LogP contribution in [0.25, 0.3) is 0 Å². The predicted molar refractivity (Wildman–Crippen MR) is 129 cm³/mol. The van der Waals surface area contributed by atoms with Crippen LogP contribution in [-0.4, -0.2) is 20.9 Å². The Bertz CT molecular complexity index is 1210. The Morgan fingerprint density at radius 2 is 1.72 bits per heavy atom. The lowest BCUT2D eigenvalue weighted by atomic mass is 10.1. The van der Waals surface area contributed by atoms with E-state index in [0.717, 1.165) is 21.2 Å². The SMILES string of the molecule is Cc1ccc(NS(=O)(=O)c2ccc(OCC(=O)N[C@H](C)c3cccc(Br)c3)cc2)cc1C. The van der Waals surface area contributed by atoms with Crippen molar-refractivity contribution in [3.63, 3.8) is 0 Å². The van der Waals surface area contributed by atoms with Crippen molar-refractivity contribution in [3.8, 4) is 5.75 Å². The first-order valence-corrected chi connectivity index (χ1v) is 12.3. The molecule has 0 radical (unpaired) electrons. The highest BCUT2D eigenvalue weighted by Gasteiger charge is 2.15. The zero-order valence-corrected chi connectivity index (χ0v) is 20.5. The van der Waals surface area contributed by atoms with Crippen molar-refractivity contribution in [3.05, 3.63) is 87.9 Å². The summed E-state index contributed by atoms with van der Waals surface area (Å²) >= 11 is 3.42. The first-order valence-electron chi connectivity index (χ1n) is 10.0. The lowest BCUT2D eigenvalue weighted by Gasteiger charge is -2.15. The molecule has 8 heteroatoms. The lowest BCUT2D eigenvalue weighted by molar-refractivity contribution is -0.123. The molecule has 2 N–H and O–H groups in total. The third-order valence-corrected chi connectivity index (χ3v) is 6.88. The predicted octanol–water partition coefficient (Wildman–Crippen LogP) is 5.12. The Balaban J connectivity index is 1.56. The van der Waals surface area contributed by atoms with Crippen molar-refractivity contribution in [1.29, 1.82) is 0 Å². The summed E-state index contributed by atoms with van der Waals surface area (Å²) in [6.07, 6.45) is 0. The number of aryl methyl sites for hydroxylation is 2. The molecule has 0 spiro atoms. The van der Waals surface area contributed by atoms with E-state index in [0.29, 0.717) is 11.4 Å². The van der Waals surface area contributed by atoms with Crippen molar-refractivity contribution in [2.45, 2.75) is 31.7 Å². The van der Waals surface area contributed by atoms with E-state index in [2.05, 4.69) is 26.0 Å². The minimum absolute atomic E-state index is 0.107. The second-order valence-electron chi connectivity index (χ2n) is 7.51. The van der Waals surface area contributed by atoms with Gasteiger partial charge in [0.25, 0.3) is 15.9 Å². The maximum Gasteiger partial charge on any atom is 0.261 e. The average Bonchev–Trinajstić information content (AvgIpc) is 2.75. The van der Waals surface area contributed by atoms with Crippen LogP contribution in [0.3, 0.4) is 0 Å². The van der Waals surface area contributed by atoms with Crippen molar-refractivity contribution in [1.82, 2.24) is 5.32 Å². The Morgan fingerprint density at radius 1 is 1.00 bits per heavy atom. The second kappa shape index (κ2) is 10.2. The van der Waals surface area contributed by atoms with E-state index in [-0.39, 0.29) is 23.5 Å². The van der Waals surface area contributed by atoms with Gasteiger partial charge >= 0.3 is 0 Å². The van der Waals surface area contributed by atoms with Gasteiger partial charge in [-0.1, -0.05) is 34.1 Å². The number of ether oxygens (including phenoxy) is 1. The van der Waals surface area contributed by atoms with Gasteiger partial charge in [-0.3, -0.25) is 9.52 Å². The van der Waals surface area contributed by atoms with Crippen LogP contribution < -0.4 is 14.8 Å². The lowest BCUT2D eigenvalue weighted by Crippen LogP contribution is -2.31. The molecule has 0 saturated heterocycles. The van der Waals surface area contributed by atoms with Crippen molar-refractivity contribution in [2.24, 2.45) is 0 Å². The van der Waals surface area contributed by atoms with E-state index in [9.17, 15) is 13.2 Å². The van der Waals surface area contributed by atoms with Gasteiger partial charge in [-0.05, 0) is 86.0 Å². The molecular formula is C24H25BrN2O4S. The number of carbonyl (C=O) groups excluding carboxylic acids is 1. The minimum atomic E-state index is -3.73. The molecule has 6 nitrogen and oxygen atoms in total. The Hall–Kier alpha value is -2.84. The number of carbonyl (C=O) groups is 1. The third-order valence-electron chi connectivity index (χ3n) is 4.99. The van der Waals surface area contributed by atoms with Crippen molar-refractivity contribution >= 4 is 37.5 Å². The quantitative estimate of drug-likeness (QED) is 0.434. The minimum Gasteiger partial charge on any atom is -0.484 e. The Morgan fingerprint density at radius 3 is 2.38 bits per heavy atom. The molecule has 32 heavy (non-hydrogen) atoms.